The van der Waals surface area contributed by atoms with Gasteiger partial charge in [0.2, 0.25) is 0 Å². The van der Waals surface area contributed by atoms with Crippen molar-refractivity contribution in [3.05, 3.63) is 52.7 Å². The Labute approximate surface area is 146 Å². The van der Waals surface area contributed by atoms with E-state index in [0.717, 1.165) is 23.1 Å². The number of nitrogens with zero attached hydrogens (tertiary/aromatic N) is 4. The Morgan fingerprint density at radius 2 is 1.96 bits per heavy atom. The van der Waals surface area contributed by atoms with Gasteiger partial charge in [0.05, 0.1) is 17.4 Å². The van der Waals surface area contributed by atoms with Crippen LogP contribution in [-0.2, 0) is 7.05 Å². The first-order valence-electron chi connectivity index (χ1n) is 8.43. The van der Waals surface area contributed by atoms with Crippen molar-refractivity contribution in [3.8, 4) is 11.3 Å². The highest BCUT2D eigenvalue weighted by atomic mass is 32.1. The topological polar surface area (TPSA) is 34.0 Å². The van der Waals surface area contributed by atoms with E-state index < -0.39 is 0 Å². The minimum absolute atomic E-state index is 0.397. The lowest BCUT2D eigenvalue weighted by atomic mass is 10.0. The maximum absolute atomic E-state index is 4.92. The van der Waals surface area contributed by atoms with E-state index in [4.69, 9.17) is 4.98 Å². The fourth-order valence-electron chi connectivity index (χ4n) is 3.71. The Bertz CT molecular complexity index is 850. The molecular weight excluding hydrogens is 316 g/mol. The first-order valence-corrected chi connectivity index (χ1v) is 9.31. The molecule has 0 saturated carbocycles. The van der Waals surface area contributed by atoms with Gasteiger partial charge in [-0.15, -0.1) is 11.3 Å². The molecule has 0 aliphatic carbocycles. The second kappa shape index (κ2) is 6.06. The van der Waals surface area contributed by atoms with E-state index in [2.05, 4.69) is 53.5 Å². The van der Waals surface area contributed by atoms with Gasteiger partial charge in [-0.25, -0.2) is 4.98 Å². The molecule has 1 saturated heterocycles. The summed E-state index contributed by atoms with van der Waals surface area (Å²) < 4.78 is 2.00. The molecule has 3 heterocycles. The second-order valence-electron chi connectivity index (χ2n) is 6.44. The van der Waals surface area contributed by atoms with Crippen molar-refractivity contribution in [2.45, 2.75) is 32.7 Å². The molecule has 1 aromatic carbocycles. The Morgan fingerprint density at radius 1 is 1.17 bits per heavy atom. The zero-order valence-corrected chi connectivity index (χ0v) is 15.2. The molecule has 124 valence electrons. The molecule has 0 amide bonds. The van der Waals surface area contributed by atoms with E-state index in [0.29, 0.717) is 6.04 Å². The van der Waals surface area contributed by atoms with Gasteiger partial charge in [0.15, 0.2) is 5.13 Å². The van der Waals surface area contributed by atoms with Crippen LogP contribution in [0.4, 0.5) is 5.13 Å². The van der Waals surface area contributed by atoms with Crippen LogP contribution in [-0.4, -0.2) is 21.3 Å². The fourth-order valence-corrected chi connectivity index (χ4v) is 4.62. The number of hydrogen-bond acceptors (Lipinski definition) is 4. The Balaban J connectivity index is 1.68. The van der Waals surface area contributed by atoms with Crippen molar-refractivity contribution in [1.29, 1.82) is 0 Å². The number of thiazole rings is 1. The molecule has 1 aliphatic heterocycles. The Morgan fingerprint density at radius 3 is 2.67 bits per heavy atom. The van der Waals surface area contributed by atoms with Gasteiger partial charge < -0.3 is 4.90 Å². The molecule has 4 rings (SSSR count). The molecule has 0 bridgehead atoms. The summed E-state index contributed by atoms with van der Waals surface area (Å²) in [6.45, 7) is 5.36. The van der Waals surface area contributed by atoms with Crippen LogP contribution in [0.15, 0.2) is 35.7 Å². The molecule has 0 radical (unpaired) electrons. The number of rotatable bonds is 3. The Kier molecular flexibility index (Phi) is 3.88. The van der Waals surface area contributed by atoms with Crippen LogP contribution in [0.25, 0.3) is 11.3 Å². The predicted octanol–water partition coefficient (Wildman–Crippen LogP) is 4.50. The number of aromatic nitrogens is 3. The monoisotopic (exact) mass is 338 g/mol. The zero-order valence-electron chi connectivity index (χ0n) is 14.4. The third-order valence-corrected chi connectivity index (χ3v) is 5.84. The highest BCUT2D eigenvalue weighted by Gasteiger charge is 2.32. The van der Waals surface area contributed by atoms with Crippen molar-refractivity contribution < 1.29 is 0 Å². The van der Waals surface area contributed by atoms with Gasteiger partial charge in [-0.05, 0) is 26.7 Å². The number of aryl methyl sites for hydroxylation is 2. The molecule has 1 unspecified atom stereocenters. The number of benzene rings is 1. The van der Waals surface area contributed by atoms with Crippen molar-refractivity contribution in [2.24, 2.45) is 7.05 Å². The largest absolute Gasteiger partial charge is 0.341 e. The molecule has 5 heteroatoms. The Hall–Kier alpha value is -2.14. The van der Waals surface area contributed by atoms with Crippen LogP contribution in [0.1, 0.15) is 35.8 Å². The predicted molar refractivity (Wildman–Crippen MR) is 99.6 cm³/mol. The molecular formula is C19H22N4S. The van der Waals surface area contributed by atoms with Gasteiger partial charge in [-0.2, -0.15) is 5.10 Å². The smallest absolute Gasteiger partial charge is 0.186 e. The van der Waals surface area contributed by atoms with E-state index in [1.54, 1.807) is 11.3 Å². The first kappa shape index (κ1) is 15.4. The fraction of sp³-hybridized carbons (Fsp3) is 0.368. The van der Waals surface area contributed by atoms with E-state index in [1.807, 2.05) is 17.8 Å². The highest BCUT2D eigenvalue weighted by Crippen LogP contribution is 2.40. The average Bonchev–Trinajstić information content (AvgIpc) is 3.28. The van der Waals surface area contributed by atoms with Gasteiger partial charge in [0.1, 0.15) is 0 Å². The molecule has 1 fully saturated rings. The summed E-state index contributed by atoms with van der Waals surface area (Å²) in [4.78, 5) is 7.39. The first-order chi connectivity index (χ1) is 11.6. The lowest BCUT2D eigenvalue weighted by Gasteiger charge is -2.24. The molecule has 0 spiro atoms. The molecule has 4 nitrogen and oxygen atoms in total. The van der Waals surface area contributed by atoms with Gasteiger partial charge in [-0.3, -0.25) is 4.68 Å². The summed E-state index contributed by atoms with van der Waals surface area (Å²) in [7, 11) is 2.03. The molecule has 24 heavy (non-hydrogen) atoms. The molecule has 2 aromatic heterocycles. The van der Waals surface area contributed by atoms with E-state index in [-0.39, 0.29) is 0 Å². The normalized spacial score (nSPS) is 17.6. The maximum atomic E-state index is 4.92. The van der Waals surface area contributed by atoms with Crippen LogP contribution >= 0.6 is 11.3 Å². The number of hydrogen-bond donors (Lipinski definition) is 0. The van der Waals surface area contributed by atoms with Crippen molar-refractivity contribution >= 4 is 16.5 Å². The van der Waals surface area contributed by atoms with Crippen molar-refractivity contribution in [1.82, 2.24) is 14.8 Å². The van der Waals surface area contributed by atoms with Crippen LogP contribution in [0, 0.1) is 13.8 Å². The quantitative estimate of drug-likeness (QED) is 0.705. The van der Waals surface area contributed by atoms with Gasteiger partial charge in [0.25, 0.3) is 0 Å². The zero-order chi connectivity index (χ0) is 16.7. The maximum Gasteiger partial charge on any atom is 0.186 e. The molecule has 3 aromatic rings. The van der Waals surface area contributed by atoms with E-state index in [9.17, 15) is 0 Å². The van der Waals surface area contributed by atoms with Crippen LogP contribution in [0.5, 0.6) is 0 Å². The third kappa shape index (κ3) is 2.53. The lowest BCUT2D eigenvalue weighted by molar-refractivity contribution is 0.698. The van der Waals surface area contributed by atoms with Crippen LogP contribution < -0.4 is 4.90 Å². The summed E-state index contributed by atoms with van der Waals surface area (Å²) in [5, 5.41) is 7.90. The minimum atomic E-state index is 0.397. The van der Waals surface area contributed by atoms with Crippen molar-refractivity contribution in [3.63, 3.8) is 0 Å². The minimum Gasteiger partial charge on any atom is -0.341 e. The summed E-state index contributed by atoms with van der Waals surface area (Å²) in [5.74, 6) is 0. The summed E-state index contributed by atoms with van der Waals surface area (Å²) in [6, 6.07) is 10.8. The SMILES string of the molecule is Cc1nn(C)c(C)c1C1CCCN1c1nc(-c2ccccc2)cs1. The standard InChI is InChI=1S/C19H22N4S/c1-13-18(14(2)22(3)21-13)17-10-7-11-23(17)19-20-16(12-24-19)15-8-5-4-6-9-15/h4-6,8-9,12,17H,7,10-11H2,1-3H3. The van der Waals surface area contributed by atoms with Gasteiger partial charge in [-0.1, -0.05) is 30.3 Å². The second-order valence-corrected chi connectivity index (χ2v) is 7.28. The highest BCUT2D eigenvalue weighted by molar-refractivity contribution is 7.14. The summed E-state index contributed by atoms with van der Waals surface area (Å²) in [5.41, 5.74) is 6.05. The van der Waals surface area contributed by atoms with Crippen molar-refractivity contribution in [2.75, 3.05) is 11.4 Å². The number of anilines is 1. The van der Waals surface area contributed by atoms with Crippen LogP contribution in [0.2, 0.25) is 0 Å². The lowest BCUT2D eigenvalue weighted by Crippen LogP contribution is -2.23. The summed E-state index contributed by atoms with van der Waals surface area (Å²) >= 11 is 1.75. The average molecular weight is 338 g/mol. The summed E-state index contributed by atoms with van der Waals surface area (Å²) in [6.07, 6.45) is 2.38. The van der Waals surface area contributed by atoms with Gasteiger partial charge >= 0.3 is 0 Å². The third-order valence-electron chi connectivity index (χ3n) is 4.96. The molecule has 1 aliphatic rings. The van der Waals surface area contributed by atoms with E-state index >= 15 is 0 Å². The molecule has 0 N–H and O–H groups in total. The van der Waals surface area contributed by atoms with Gasteiger partial charge in [0, 0.05) is 35.8 Å². The van der Waals surface area contributed by atoms with E-state index in [1.165, 1.54) is 29.7 Å². The molecule has 1 atom stereocenters. The van der Waals surface area contributed by atoms with Crippen LogP contribution in [0.3, 0.4) is 0 Å².